The second-order valence-electron chi connectivity index (χ2n) is 5.56. The van der Waals surface area contributed by atoms with Crippen LogP contribution in [-0.2, 0) is 13.1 Å². The maximum Gasteiger partial charge on any atom is 0.0331 e. The fourth-order valence-electron chi connectivity index (χ4n) is 2.75. The number of hydrogen-bond donors (Lipinski definition) is 0. The Bertz CT molecular complexity index is 518. The van der Waals surface area contributed by atoms with Gasteiger partial charge in [0, 0.05) is 31.1 Å². The lowest BCUT2D eigenvalue weighted by Gasteiger charge is -2.21. The molecule has 0 spiro atoms. The van der Waals surface area contributed by atoms with Crippen molar-refractivity contribution < 1.29 is 0 Å². The van der Waals surface area contributed by atoms with Gasteiger partial charge in [-0.25, -0.2) is 0 Å². The summed E-state index contributed by atoms with van der Waals surface area (Å²) in [5, 5.41) is 6.67. The Morgan fingerprint density at radius 1 is 1.00 bits per heavy atom. The molecule has 1 aliphatic heterocycles. The van der Waals surface area contributed by atoms with Gasteiger partial charge in [0.15, 0.2) is 0 Å². The van der Waals surface area contributed by atoms with Crippen LogP contribution in [0.5, 0.6) is 0 Å². The zero-order valence-electron chi connectivity index (χ0n) is 12.0. The van der Waals surface area contributed by atoms with Gasteiger partial charge in [-0.1, -0.05) is 0 Å². The molecule has 1 saturated heterocycles. The van der Waals surface area contributed by atoms with Crippen LogP contribution in [0.25, 0.3) is 0 Å². The highest BCUT2D eigenvalue weighted by Gasteiger charge is 2.16. The van der Waals surface area contributed by atoms with E-state index in [1.54, 1.807) is 11.3 Å². The first kappa shape index (κ1) is 14.3. The van der Waals surface area contributed by atoms with Crippen molar-refractivity contribution in [1.82, 2.24) is 9.80 Å². The molecule has 0 saturated carbocycles. The number of aryl methyl sites for hydroxylation is 1. The van der Waals surface area contributed by atoms with Crippen molar-refractivity contribution in [1.29, 1.82) is 0 Å². The van der Waals surface area contributed by atoms with Crippen molar-refractivity contribution in [2.24, 2.45) is 0 Å². The maximum atomic E-state index is 2.62. The Kier molecular flexibility index (Phi) is 4.89. The fourth-order valence-corrected chi connectivity index (χ4v) is 4.36. The molecule has 3 heterocycles. The number of rotatable bonds is 4. The molecule has 2 nitrogen and oxygen atoms in total. The van der Waals surface area contributed by atoms with Gasteiger partial charge in [-0.15, -0.1) is 11.3 Å². The van der Waals surface area contributed by atoms with Gasteiger partial charge >= 0.3 is 0 Å². The summed E-state index contributed by atoms with van der Waals surface area (Å²) in [6.07, 6.45) is 1.29. The minimum Gasteiger partial charge on any atom is -0.298 e. The Morgan fingerprint density at radius 3 is 2.45 bits per heavy atom. The van der Waals surface area contributed by atoms with Gasteiger partial charge in [0.2, 0.25) is 0 Å². The third-order valence-electron chi connectivity index (χ3n) is 4.00. The highest BCUT2D eigenvalue weighted by Crippen LogP contribution is 2.19. The summed E-state index contributed by atoms with van der Waals surface area (Å²) in [5.41, 5.74) is 2.92. The van der Waals surface area contributed by atoms with E-state index in [9.17, 15) is 0 Å². The smallest absolute Gasteiger partial charge is 0.0331 e. The van der Waals surface area contributed by atoms with Crippen LogP contribution >= 0.6 is 22.7 Å². The Balaban J connectivity index is 1.53. The molecule has 1 aliphatic rings. The van der Waals surface area contributed by atoms with E-state index in [0.717, 1.165) is 13.1 Å². The van der Waals surface area contributed by atoms with Crippen LogP contribution in [0.1, 0.15) is 22.4 Å². The van der Waals surface area contributed by atoms with Crippen molar-refractivity contribution >= 4 is 22.7 Å². The summed E-state index contributed by atoms with van der Waals surface area (Å²) in [5.74, 6) is 0. The lowest BCUT2D eigenvalue weighted by Crippen LogP contribution is -2.30. The highest BCUT2D eigenvalue weighted by molar-refractivity contribution is 7.10. The first-order valence-corrected chi connectivity index (χ1v) is 9.12. The molecule has 0 aliphatic carbocycles. The van der Waals surface area contributed by atoms with E-state index in [1.165, 1.54) is 48.6 Å². The molecule has 0 N–H and O–H groups in total. The van der Waals surface area contributed by atoms with E-state index in [4.69, 9.17) is 0 Å². The summed E-state index contributed by atoms with van der Waals surface area (Å²) in [7, 11) is 0. The summed E-state index contributed by atoms with van der Waals surface area (Å²) >= 11 is 3.70. The number of thiophene rings is 2. The summed E-state index contributed by atoms with van der Waals surface area (Å²) in [6.45, 7) is 9.34. The Hall–Kier alpha value is -0.680. The predicted molar refractivity (Wildman–Crippen MR) is 88.5 cm³/mol. The molecular formula is C16H22N2S2. The molecule has 20 heavy (non-hydrogen) atoms. The highest BCUT2D eigenvalue weighted by atomic mass is 32.1. The van der Waals surface area contributed by atoms with Crippen molar-refractivity contribution in [3.8, 4) is 0 Å². The Morgan fingerprint density at radius 2 is 1.80 bits per heavy atom. The fraction of sp³-hybridized carbons (Fsp3) is 0.500. The van der Waals surface area contributed by atoms with E-state index in [1.807, 2.05) is 11.3 Å². The third-order valence-corrected chi connectivity index (χ3v) is 5.74. The molecule has 0 atom stereocenters. The minimum atomic E-state index is 1.12. The summed E-state index contributed by atoms with van der Waals surface area (Å²) in [6, 6.07) is 4.49. The Labute approximate surface area is 129 Å². The van der Waals surface area contributed by atoms with Gasteiger partial charge in [0.25, 0.3) is 0 Å². The molecule has 0 aromatic carbocycles. The van der Waals surface area contributed by atoms with Crippen LogP contribution in [0, 0.1) is 6.92 Å². The van der Waals surface area contributed by atoms with E-state index >= 15 is 0 Å². The molecule has 2 aromatic heterocycles. The summed E-state index contributed by atoms with van der Waals surface area (Å²) in [4.78, 5) is 6.76. The van der Waals surface area contributed by atoms with Crippen molar-refractivity contribution in [3.05, 3.63) is 44.3 Å². The van der Waals surface area contributed by atoms with Gasteiger partial charge in [-0.3, -0.25) is 9.80 Å². The quantitative estimate of drug-likeness (QED) is 0.847. The number of nitrogens with zero attached hydrogens (tertiary/aromatic N) is 2. The average Bonchev–Trinajstić information content (AvgIpc) is 3.02. The topological polar surface area (TPSA) is 6.48 Å². The molecule has 0 bridgehead atoms. The van der Waals surface area contributed by atoms with Crippen LogP contribution in [0.3, 0.4) is 0 Å². The molecule has 1 fully saturated rings. The van der Waals surface area contributed by atoms with Gasteiger partial charge in [-0.05, 0) is 65.8 Å². The normalized spacial score (nSPS) is 18.2. The van der Waals surface area contributed by atoms with E-state index in [0.29, 0.717) is 0 Å². The lowest BCUT2D eigenvalue weighted by atomic mass is 10.2. The number of hydrogen-bond acceptors (Lipinski definition) is 4. The minimum absolute atomic E-state index is 1.12. The van der Waals surface area contributed by atoms with Crippen LogP contribution < -0.4 is 0 Å². The molecule has 0 unspecified atom stereocenters. The van der Waals surface area contributed by atoms with Crippen LogP contribution in [0.4, 0.5) is 0 Å². The molecule has 0 amide bonds. The summed E-state index contributed by atoms with van der Waals surface area (Å²) < 4.78 is 0. The molecular weight excluding hydrogens is 284 g/mol. The lowest BCUT2D eigenvalue weighted by molar-refractivity contribution is 0.248. The van der Waals surface area contributed by atoms with Crippen LogP contribution in [0.15, 0.2) is 28.3 Å². The van der Waals surface area contributed by atoms with Crippen molar-refractivity contribution in [2.75, 3.05) is 26.2 Å². The van der Waals surface area contributed by atoms with Crippen LogP contribution in [0.2, 0.25) is 0 Å². The van der Waals surface area contributed by atoms with Crippen LogP contribution in [-0.4, -0.2) is 36.0 Å². The van der Waals surface area contributed by atoms with E-state index < -0.39 is 0 Å². The SMILES string of the molecule is Cc1ccsc1CN1CCCN(Cc2ccsc2)CC1. The first-order valence-electron chi connectivity index (χ1n) is 7.30. The first-order chi connectivity index (χ1) is 9.81. The van der Waals surface area contributed by atoms with Gasteiger partial charge in [-0.2, -0.15) is 11.3 Å². The van der Waals surface area contributed by atoms with E-state index in [2.05, 4.69) is 45.0 Å². The third kappa shape index (κ3) is 3.70. The maximum absolute atomic E-state index is 2.62. The molecule has 3 rings (SSSR count). The monoisotopic (exact) mass is 306 g/mol. The zero-order valence-corrected chi connectivity index (χ0v) is 13.7. The molecule has 0 radical (unpaired) electrons. The standard InChI is InChI=1S/C16H22N2S2/c1-14-3-10-20-16(14)12-18-6-2-5-17(7-8-18)11-15-4-9-19-13-15/h3-4,9-10,13H,2,5-8,11-12H2,1H3. The van der Waals surface area contributed by atoms with Crippen molar-refractivity contribution in [3.63, 3.8) is 0 Å². The largest absolute Gasteiger partial charge is 0.298 e. The molecule has 4 heteroatoms. The average molecular weight is 307 g/mol. The predicted octanol–water partition coefficient (Wildman–Crippen LogP) is 3.83. The van der Waals surface area contributed by atoms with Gasteiger partial charge < -0.3 is 0 Å². The van der Waals surface area contributed by atoms with Crippen molar-refractivity contribution in [2.45, 2.75) is 26.4 Å². The van der Waals surface area contributed by atoms with Gasteiger partial charge in [0.1, 0.15) is 0 Å². The van der Waals surface area contributed by atoms with E-state index in [-0.39, 0.29) is 0 Å². The second kappa shape index (κ2) is 6.85. The van der Waals surface area contributed by atoms with Gasteiger partial charge in [0.05, 0.1) is 0 Å². The second-order valence-corrected chi connectivity index (χ2v) is 7.34. The molecule has 2 aromatic rings. The zero-order chi connectivity index (χ0) is 13.8. The molecule has 108 valence electrons.